The molecule has 0 saturated carbocycles. The Bertz CT molecular complexity index is 1170. The topological polar surface area (TPSA) is 73.0 Å². The van der Waals surface area contributed by atoms with Crippen molar-refractivity contribution >= 4 is 52.3 Å². The van der Waals surface area contributed by atoms with E-state index in [1.165, 1.54) is 0 Å². The van der Waals surface area contributed by atoms with Gasteiger partial charge in [0.1, 0.15) is 10.7 Å². The maximum absolute atomic E-state index is 13.1. The van der Waals surface area contributed by atoms with Crippen LogP contribution in [0.15, 0.2) is 53.2 Å². The number of aryl methyl sites for hydroxylation is 1. The highest BCUT2D eigenvalue weighted by molar-refractivity contribution is 6.53. The Balaban J connectivity index is 1.48. The molecule has 2 heterocycles. The molecule has 0 aliphatic carbocycles. The predicted octanol–water partition coefficient (Wildman–Crippen LogP) is 4.25. The van der Waals surface area contributed by atoms with Gasteiger partial charge in [-0.05, 0) is 81.9 Å². The van der Waals surface area contributed by atoms with Gasteiger partial charge in [-0.3, -0.25) is 14.4 Å². The molecule has 2 aromatic carbocycles. The fourth-order valence-corrected chi connectivity index (χ4v) is 4.62. The third-order valence-electron chi connectivity index (χ3n) is 6.40. The van der Waals surface area contributed by atoms with Gasteiger partial charge in [0.2, 0.25) is 0 Å². The third-order valence-corrected chi connectivity index (χ3v) is 6.98. The van der Waals surface area contributed by atoms with Crippen LogP contribution in [0.1, 0.15) is 28.8 Å². The van der Waals surface area contributed by atoms with Gasteiger partial charge < -0.3 is 15.1 Å². The molecule has 2 aliphatic rings. The molecule has 0 aromatic heterocycles. The third kappa shape index (κ3) is 4.69. The number of halogens is 2. The molecular formula is C25H26Cl2N4O3. The molecule has 0 unspecified atom stereocenters. The molecule has 1 saturated heterocycles. The Labute approximate surface area is 208 Å². The number of likely N-dealkylation sites (tertiary alicyclic amines) is 1. The minimum absolute atomic E-state index is 0.0198. The van der Waals surface area contributed by atoms with Crippen molar-refractivity contribution in [2.24, 2.45) is 0 Å². The van der Waals surface area contributed by atoms with Gasteiger partial charge in [0.15, 0.2) is 0 Å². The minimum atomic E-state index is -0.619. The second kappa shape index (κ2) is 9.78. The van der Waals surface area contributed by atoms with Gasteiger partial charge in [-0.15, -0.1) is 0 Å². The number of anilines is 2. The zero-order chi connectivity index (χ0) is 24.6. The van der Waals surface area contributed by atoms with Gasteiger partial charge in [-0.2, -0.15) is 0 Å². The lowest BCUT2D eigenvalue weighted by molar-refractivity contribution is -0.120. The molecule has 1 fully saturated rings. The van der Waals surface area contributed by atoms with Crippen LogP contribution in [0.25, 0.3) is 0 Å². The maximum atomic E-state index is 13.1. The smallest absolute Gasteiger partial charge is 0.283 e. The lowest BCUT2D eigenvalue weighted by atomic mass is 10.0. The molecule has 178 valence electrons. The Kier molecular flexibility index (Phi) is 6.98. The zero-order valence-corrected chi connectivity index (χ0v) is 20.8. The molecule has 0 spiro atoms. The summed E-state index contributed by atoms with van der Waals surface area (Å²) in [5.74, 6) is -1.23. The normalized spacial score (nSPS) is 17.5. The van der Waals surface area contributed by atoms with Crippen molar-refractivity contribution < 1.29 is 14.4 Å². The maximum Gasteiger partial charge on any atom is 0.283 e. The largest absolute Gasteiger partial charge is 0.350 e. The monoisotopic (exact) mass is 500 g/mol. The van der Waals surface area contributed by atoms with Crippen molar-refractivity contribution in [3.8, 4) is 0 Å². The minimum Gasteiger partial charge on any atom is -0.350 e. The van der Waals surface area contributed by atoms with E-state index in [1.807, 2.05) is 7.05 Å². The summed E-state index contributed by atoms with van der Waals surface area (Å²) in [6.45, 7) is 3.73. The van der Waals surface area contributed by atoms with Crippen molar-refractivity contribution in [1.29, 1.82) is 0 Å². The van der Waals surface area contributed by atoms with Crippen molar-refractivity contribution in [2.75, 3.05) is 37.4 Å². The summed E-state index contributed by atoms with van der Waals surface area (Å²) in [6, 6.07) is 12.0. The number of amides is 3. The number of carbonyl (C=O) groups excluding carboxylic acids is 3. The lowest BCUT2D eigenvalue weighted by Crippen LogP contribution is -2.44. The molecule has 7 nitrogen and oxygen atoms in total. The van der Waals surface area contributed by atoms with Crippen LogP contribution in [0.5, 0.6) is 0 Å². The molecule has 4 rings (SSSR count). The molecule has 2 aliphatic heterocycles. The first-order valence-electron chi connectivity index (χ1n) is 11.0. The molecule has 1 N–H and O–H groups in total. The van der Waals surface area contributed by atoms with Gasteiger partial charge in [0.05, 0.1) is 5.69 Å². The van der Waals surface area contributed by atoms with E-state index >= 15 is 0 Å². The first kappa shape index (κ1) is 24.3. The molecule has 2 aromatic rings. The van der Waals surface area contributed by atoms with E-state index in [0.717, 1.165) is 30.8 Å². The van der Waals surface area contributed by atoms with Crippen molar-refractivity contribution in [2.45, 2.75) is 25.8 Å². The van der Waals surface area contributed by atoms with E-state index in [1.54, 1.807) is 54.3 Å². The Morgan fingerprint density at radius 1 is 1.03 bits per heavy atom. The number of piperidine rings is 1. The lowest BCUT2D eigenvalue weighted by Gasteiger charge is -2.35. The first-order valence-corrected chi connectivity index (χ1v) is 11.8. The van der Waals surface area contributed by atoms with Gasteiger partial charge in [0.25, 0.3) is 17.7 Å². The van der Waals surface area contributed by atoms with Crippen molar-refractivity contribution in [3.63, 3.8) is 0 Å². The highest BCUT2D eigenvalue weighted by Crippen LogP contribution is 2.33. The summed E-state index contributed by atoms with van der Waals surface area (Å²) in [7, 11) is 3.92. The molecule has 0 radical (unpaired) electrons. The SMILES string of the molecule is Cc1ccc(Cl)cc1N1C(=O)C(Cl)=C(Nc2ccc(C(=O)N(C)C3CCN(C)CC3)cc2)C1=O. The zero-order valence-electron chi connectivity index (χ0n) is 19.3. The second-order valence-corrected chi connectivity index (χ2v) is 9.53. The van der Waals surface area contributed by atoms with Crippen LogP contribution in [0, 0.1) is 6.92 Å². The Hall–Kier alpha value is -2.87. The summed E-state index contributed by atoms with van der Waals surface area (Å²) < 4.78 is 0. The predicted molar refractivity (Wildman–Crippen MR) is 134 cm³/mol. The number of carbonyl (C=O) groups is 3. The number of hydrogen-bond acceptors (Lipinski definition) is 5. The number of rotatable bonds is 5. The fraction of sp³-hybridized carbons (Fsp3) is 0.320. The Morgan fingerprint density at radius 2 is 1.68 bits per heavy atom. The van der Waals surface area contributed by atoms with Gasteiger partial charge in [-0.25, -0.2) is 4.90 Å². The number of nitrogens with one attached hydrogen (secondary N) is 1. The Morgan fingerprint density at radius 3 is 2.32 bits per heavy atom. The first-order chi connectivity index (χ1) is 16.2. The molecule has 34 heavy (non-hydrogen) atoms. The molecule has 0 bridgehead atoms. The van der Waals surface area contributed by atoms with Crippen molar-refractivity contribution in [3.05, 3.63) is 69.3 Å². The number of benzene rings is 2. The van der Waals surface area contributed by atoms with Crippen LogP contribution in [0.2, 0.25) is 5.02 Å². The second-order valence-electron chi connectivity index (χ2n) is 8.72. The van der Waals surface area contributed by atoms with Crippen molar-refractivity contribution in [1.82, 2.24) is 9.80 Å². The van der Waals surface area contributed by atoms with E-state index in [9.17, 15) is 14.4 Å². The molecule has 9 heteroatoms. The quantitative estimate of drug-likeness (QED) is 0.621. The van der Waals surface area contributed by atoms with Crippen LogP contribution in [0.3, 0.4) is 0 Å². The van der Waals surface area contributed by atoms with E-state index in [0.29, 0.717) is 27.5 Å². The molecule has 0 atom stereocenters. The van der Waals surface area contributed by atoms with Crippen LogP contribution in [-0.4, -0.2) is 60.7 Å². The van der Waals surface area contributed by atoms with Crippen LogP contribution in [-0.2, 0) is 9.59 Å². The van der Waals surface area contributed by atoms with E-state index in [4.69, 9.17) is 23.2 Å². The van der Waals surface area contributed by atoms with Gasteiger partial charge in [0, 0.05) is 29.4 Å². The van der Waals surface area contributed by atoms with Crippen LogP contribution < -0.4 is 10.2 Å². The van der Waals surface area contributed by atoms with E-state index in [2.05, 4.69) is 17.3 Å². The standard InChI is InChI=1S/C25H26Cl2N4O3/c1-15-4-7-17(26)14-20(15)31-24(33)21(27)22(25(31)34)28-18-8-5-16(6-9-18)23(32)30(3)19-10-12-29(2)13-11-19/h4-9,14,19,28H,10-13H2,1-3H3. The van der Waals surface area contributed by atoms with E-state index in [-0.39, 0.29) is 22.7 Å². The summed E-state index contributed by atoms with van der Waals surface area (Å²) in [6.07, 6.45) is 1.90. The van der Waals surface area contributed by atoms with Crippen LogP contribution in [0.4, 0.5) is 11.4 Å². The molecular weight excluding hydrogens is 475 g/mol. The average Bonchev–Trinajstić information content (AvgIpc) is 3.03. The molecule has 3 amide bonds. The number of nitrogens with zero attached hydrogens (tertiary/aromatic N) is 3. The summed E-state index contributed by atoms with van der Waals surface area (Å²) in [5, 5.41) is 3.14. The summed E-state index contributed by atoms with van der Waals surface area (Å²) in [4.78, 5) is 43.8. The van der Waals surface area contributed by atoms with Gasteiger partial charge >= 0.3 is 0 Å². The summed E-state index contributed by atoms with van der Waals surface area (Å²) in [5.41, 5.74) is 2.17. The summed E-state index contributed by atoms with van der Waals surface area (Å²) >= 11 is 12.3. The average molecular weight is 501 g/mol. The fourth-order valence-electron chi connectivity index (χ4n) is 4.25. The van der Waals surface area contributed by atoms with E-state index < -0.39 is 11.8 Å². The van der Waals surface area contributed by atoms with Gasteiger partial charge in [-0.1, -0.05) is 29.3 Å². The number of hydrogen-bond donors (Lipinski definition) is 1. The van der Waals surface area contributed by atoms with Crippen LogP contribution >= 0.6 is 23.2 Å². The highest BCUT2D eigenvalue weighted by atomic mass is 35.5. The number of imide groups is 1. The highest BCUT2D eigenvalue weighted by Gasteiger charge is 2.39.